The molecule has 0 heterocycles. The smallest absolute Gasteiger partial charge is 0.396 e. The van der Waals surface area contributed by atoms with Crippen LogP contribution >= 0.6 is 0 Å². The van der Waals surface area contributed by atoms with Crippen molar-refractivity contribution in [2.75, 3.05) is 6.61 Å². The molecular weight excluding hydrogens is 393 g/mol. The molecule has 0 aliphatic rings. The lowest BCUT2D eigenvalue weighted by Crippen LogP contribution is -2.64. The maximum absolute atomic E-state index is 13.6. The largest absolute Gasteiger partial charge is 0.458 e. The third kappa shape index (κ3) is 4.81. The molecule has 0 bridgehead atoms. The Morgan fingerprint density at radius 1 is 0.960 bits per heavy atom. The van der Waals surface area contributed by atoms with E-state index in [9.17, 15) is 48.3 Å². The number of amidine groups is 1. The van der Waals surface area contributed by atoms with Crippen LogP contribution in [0.25, 0.3) is 0 Å². The molecule has 0 aromatic carbocycles. The summed E-state index contributed by atoms with van der Waals surface area (Å²) in [6.07, 6.45) is -26.5. The minimum absolute atomic E-state index is 1.76. The Hall–Kier alpha value is -1.42. The number of aliphatic hydroxyl groups is 1. The number of alkyl halides is 11. The summed E-state index contributed by atoms with van der Waals surface area (Å²) in [5.74, 6) is -14.7. The number of aliphatic hydroxyl groups excluding tert-OH is 1. The van der Waals surface area contributed by atoms with Crippen molar-refractivity contribution in [1.29, 1.82) is 5.41 Å². The number of hydrogen-bond acceptors (Lipinski definition) is 4. The minimum atomic E-state index is -7.13. The van der Waals surface area contributed by atoms with Gasteiger partial charge in [0.15, 0.2) is 5.84 Å². The van der Waals surface area contributed by atoms with Crippen LogP contribution in [0, 0.1) is 5.41 Å². The molecule has 0 aromatic rings. The first-order valence-corrected chi connectivity index (χ1v) is 5.70. The molecule has 5 nitrogen and oxygen atoms in total. The number of nitrogens with one attached hydrogen (secondary N) is 1. The zero-order valence-corrected chi connectivity index (χ0v) is 11.5. The van der Waals surface area contributed by atoms with E-state index in [0.717, 1.165) is 0 Å². The van der Waals surface area contributed by atoms with Crippen molar-refractivity contribution in [3.05, 3.63) is 0 Å². The number of halogens is 11. The van der Waals surface area contributed by atoms with E-state index in [0.29, 0.717) is 0 Å². The summed E-state index contributed by atoms with van der Waals surface area (Å²) >= 11 is 0. The highest BCUT2D eigenvalue weighted by Gasteiger charge is 2.80. The molecule has 2 unspecified atom stereocenters. The quantitative estimate of drug-likeness (QED) is 0.314. The van der Waals surface area contributed by atoms with Gasteiger partial charge >= 0.3 is 30.2 Å². The van der Waals surface area contributed by atoms with Crippen LogP contribution in [-0.4, -0.2) is 54.1 Å². The van der Waals surface area contributed by atoms with Crippen molar-refractivity contribution in [2.24, 2.45) is 5.73 Å². The second-order valence-corrected chi connectivity index (χ2v) is 4.30. The van der Waals surface area contributed by atoms with E-state index in [1.807, 2.05) is 4.74 Å². The van der Waals surface area contributed by atoms with Crippen molar-refractivity contribution in [3.8, 4) is 0 Å². The predicted octanol–water partition coefficient (Wildman–Crippen LogP) is 2.68. The molecule has 0 radical (unpaired) electrons. The molecular formula is C9H9F11N2O3. The number of ether oxygens (including phenoxy) is 2. The molecule has 4 N–H and O–H groups in total. The molecule has 2 atom stereocenters. The zero-order chi connectivity index (χ0) is 20.5. The van der Waals surface area contributed by atoms with Crippen LogP contribution < -0.4 is 5.73 Å². The topological polar surface area (TPSA) is 88.6 Å². The van der Waals surface area contributed by atoms with Gasteiger partial charge in [-0.05, 0) is 0 Å². The first-order valence-electron chi connectivity index (χ1n) is 5.70. The van der Waals surface area contributed by atoms with Gasteiger partial charge in [-0.2, -0.15) is 43.9 Å². The molecule has 0 saturated heterocycles. The van der Waals surface area contributed by atoms with Crippen molar-refractivity contribution in [3.63, 3.8) is 0 Å². The maximum atomic E-state index is 13.6. The van der Waals surface area contributed by atoms with Crippen LogP contribution in [0.2, 0.25) is 0 Å². The SMILES string of the molecule is N=C(N)C(F)OC(F)(F)C(F)(OC(F)(F)C(F)(F)CCO)C(F)(F)F. The maximum Gasteiger partial charge on any atom is 0.458 e. The molecule has 0 saturated carbocycles. The summed E-state index contributed by atoms with van der Waals surface area (Å²) < 4.78 is 147. The molecule has 0 aromatic heterocycles. The number of hydrogen-bond donors (Lipinski definition) is 3. The molecule has 0 aliphatic heterocycles. The molecule has 16 heteroatoms. The Morgan fingerprint density at radius 2 is 1.40 bits per heavy atom. The fourth-order valence-corrected chi connectivity index (χ4v) is 1.09. The van der Waals surface area contributed by atoms with E-state index in [4.69, 9.17) is 10.5 Å². The first-order chi connectivity index (χ1) is 10.8. The highest BCUT2D eigenvalue weighted by atomic mass is 19.4. The van der Waals surface area contributed by atoms with Gasteiger partial charge in [-0.3, -0.25) is 14.9 Å². The minimum Gasteiger partial charge on any atom is -0.396 e. The summed E-state index contributed by atoms with van der Waals surface area (Å²) in [7, 11) is 0. The van der Waals surface area contributed by atoms with Crippen molar-refractivity contribution < 1.29 is 62.9 Å². The van der Waals surface area contributed by atoms with Gasteiger partial charge in [0.1, 0.15) is 0 Å². The molecule has 25 heavy (non-hydrogen) atoms. The summed E-state index contributed by atoms with van der Waals surface area (Å²) in [6, 6.07) is 0. The lowest BCUT2D eigenvalue weighted by Gasteiger charge is -2.38. The van der Waals surface area contributed by atoms with Gasteiger partial charge in [0, 0.05) is 13.0 Å². The molecule has 150 valence electrons. The second-order valence-electron chi connectivity index (χ2n) is 4.30. The van der Waals surface area contributed by atoms with Gasteiger partial charge < -0.3 is 10.8 Å². The van der Waals surface area contributed by atoms with Gasteiger partial charge in [0.25, 0.3) is 6.36 Å². The number of rotatable bonds is 9. The Bertz CT molecular complexity index is 484. The predicted molar refractivity (Wildman–Crippen MR) is 55.4 cm³/mol. The van der Waals surface area contributed by atoms with E-state index in [1.165, 1.54) is 0 Å². The highest BCUT2D eigenvalue weighted by Crippen LogP contribution is 2.52. The van der Waals surface area contributed by atoms with Gasteiger partial charge in [-0.15, -0.1) is 0 Å². The molecule has 0 amide bonds. The van der Waals surface area contributed by atoms with Crippen LogP contribution in [0.4, 0.5) is 48.3 Å². The van der Waals surface area contributed by atoms with Crippen LogP contribution in [-0.2, 0) is 9.47 Å². The molecule has 0 spiro atoms. The Balaban J connectivity index is 5.97. The van der Waals surface area contributed by atoms with Gasteiger partial charge in [-0.25, -0.2) is 4.39 Å². The average Bonchev–Trinajstić information content (AvgIpc) is 2.35. The highest BCUT2D eigenvalue weighted by molar-refractivity contribution is 5.80. The van der Waals surface area contributed by atoms with Crippen LogP contribution in [0.15, 0.2) is 0 Å². The van der Waals surface area contributed by atoms with Gasteiger partial charge in [-0.1, -0.05) is 0 Å². The molecule has 0 aliphatic carbocycles. The van der Waals surface area contributed by atoms with Crippen LogP contribution in [0.1, 0.15) is 6.42 Å². The van der Waals surface area contributed by atoms with E-state index in [-0.39, 0.29) is 0 Å². The zero-order valence-electron chi connectivity index (χ0n) is 11.5. The summed E-state index contributed by atoms with van der Waals surface area (Å²) in [5.41, 5.74) is 4.24. The van der Waals surface area contributed by atoms with E-state index in [2.05, 4.69) is 10.5 Å². The van der Waals surface area contributed by atoms with Crippen molar-refractivity contribution >= 4 is 5.84 Å². The summed E-state index contributed by atoms with van der Waals surface area (Å²) in [4.78, 5) is 0. The Labute approximate surface area is 131 Å². The van der Waals surface area contributed by atoms with E-state index in [1.54, 1.807) is 0 Å². The molecule has 0 rings (SSSR count). The number of nitrogens with two attached hydrogens (primary N) is 1. The van der Waals surface area contributed by atoms with Gasteiger partial charge in [0.05, 0.1) is 0 Å². The average molecular weight is 402 g/mol. The third-order valence-electron chi connectivity index (χ3n) is 2.36. The monoisotopic (exact) mass is 402 g/mol. The summed E-state index contributed by atoms with van der Waals surface area (Å²) in [5, 5.41) is 14.4. The second kappa shape index (κ2) is 7.06. The first kappa shape index (κ1) is 23.6. The van der Waals surface area contributed by atoms with Crippen molar-refractivity contribution in [1.82, 2.24) is 0 Å². The van der Waals surface area contributed by atoms with E-state index >= 15 is 0 Å². The van der Waals surface area contributed by atoms with Crippen LogP contribution in [0.5, 0.6) is 0 Å². The fourth-order valence-electron chi connectivity index (χ4n) is 1.09. The summed E-state index contributed by atoms with van der Waals surface area (Å²) in [6.45, 7) is -1.76. The lowest BCUT2D eigenvalue weighted by atomic mass is 10.2. The molecule has 0 fully saturated rings. The third-order valence-corrected chi connectivity index (χ3v) is 2.36. The van der Waals surface area contributed by atoms with Crippen molar-refractivity contribution in [2.45, 2.75) is 42.9 Å². The van der Waals surface area contributed by atoms with Crippen LogP contribution in [0.3, 0.4) is 0 Å². The standard InChI is InChI=1S/C9H9F11N2O3/c10-3(4(21)22)24-9(19,20)6(13,7(14,15)16)25-8(17,18)5(11,12)1-2-23/h3,23H,1-2H2,(H3,21,22). The normalized spacial score (nSPS) is 17.9. The van der Waals surface area contributed by atoms with Gasteiger partial charge in [0.2, 0.25) is 0 Å². The Kier molecular flexibility index (Phi) is 6.66. The fraction of sp³-hybridized carbons (Fsp3) is 0.889. The lowest BCUT2D eigenvalue weighted by molar-refractivity contribution is -0.523. The van der Waals surface area contributed by atoms with E-state index < -0.39 is 55.4 Å². The Morgan fingerprint density at radius 3 is 1.72 bits per heavy atom.